The number of halogens is 3. The van der Waals surface area contributed by atoms with Gasteiger partial charge in [0.2, 0.25) is 10.0 Å². The summed E-state index contributed by atoms with van der Waals surface area (Å²) >= 11 is 0. The zero-order valence-corrected chi connectivity index (χ0v) is 10.9. The summed E-state index contributed by atoms with van der Waals surface area (Å²) in [5.74, 6) is -1.38. The number of alkyl halides is 3. The quantitative estimate of drug-likeness (QED) is 0.751. The first kappa shape index (κ1) is 15.7. The lowest BCUT2D eigenvalue weighted by Gasteiger charge is -2.31. The van der Waals surface area contributed by atoms with E-state index in [2.05, 4.69) is 5.32 Å². The molecule has 0 amide bonds. The SMILES string of the molecule is NS(=O)(=O)CCCNC1CCCC(C(F)(F)F)C1. The van der Waals surface area contributed by atoms with E-state index >= 15 is 0 Å². The average Bonchev–Trinajstić information content (AvgIpc) is 2.22. The molecule has 1 fully saturated rings. The second kappa shape index (κ2) is 6.21. The van der Waals surface area contributed by atoms with Crippen LogP contribution in [0.15, 0.2) is 0 Å². The molecule has 2 atom stereocenters. The molecule has 0 heterocycles. The summed E-state index contributed by atoms with van der Waals surface area (Å²) in [7, 11) is -3.48. The lowest BCUT2D eigenvalue weighted by molar-refractivity contribution is -0.183. The smallest absolute Gasteiger partial charge is 0.314 e. The first-order chi connectivity index (χ1) is 8.18. The zero-order valence-electron chi connectivity index (χ0n) is 10.0. The molecular formula is C10H19F3N2O2S. The number of nitrogens with one attached hydrogen (secondary N) is 1. The van der Waals surface area contributed by atoms with Gasteiger partial charge in [0.1, 0.15) is 0 Å². The molecule has 1 aliphatic carbocycles. The highest BCUT2D eigenvalue weighted by Gasteiger charge is 2.41. The van der Waals surface area contributed by atoms with Gasteiger partial charge in [-0.15, -0.1) is 0 Å². The van der Waals surface area contributed by atoms with Crippen LogP contribution in [0.5, 0.6) is 0 Å². The minimum atomic E-state index is -4.12. The molecule has 1 rings (SSSR count). The van der Waals surface area contributed by atoms with Crippen molar-refractivity contribution in [2.24, 2.45) is 11.1 Å². The van der Waals surface area contributed by atoms with Crippen LogP contribution in [-0.4, -0.2) is 32.9 Å². The first-order valence-corrected chi connectivity index (χ1v) is 7.70. The fourth-order valence-corrected chi connectivity index (χ4v) is 2.80. The maximum absolute atomic E-state index is 12.5. The van der Waals surface area contributed by atoms with Crippen LogP contribution >= 0.6 is 0 Å². The van der Waals surface area contributed by atoms with Crippen LogP contribution in [0.4, 0.5) is 13.2 Å². The fourth-order valence-electron chi connectivity index (χ4n) is 2.25. The van der Waals surface area contributed by atoms with Gasteiger partial charge in [0, 0.05) is 6.04 Å². The Bertz CT molecular complexity index is 357. The van der Waals surface area contributed by atoms with Gasteiger partial charge in [0.05, 0.1) is 11.7 Å². The third-order valence-corrected chi connectivity index (χ3v) is 4.03. The Hall–Kier alpha value is -0.340. The molecule has 0 radical (unpaired) electrons. The molecule has 0 aliphatic heterocycles. The summed E-state index contributed by atoms with van der Waals surface area (Å²) in [5, 5.41) is 7.81. The molecule has 4 nitrogen and oxygen atoms in total. The minimum absolute atomic E-state index is 0.0822. The monoisotopic (exact) mass is 288 g/mol. The molecule has 2 unspecified atom stereocenters. The van der Waals surface area contributed by atoms with Gasteiger partial charge in [-0.3, -0.25) is 0 Å². The van der Waals surface area contributed by atoms with Crippen LogP contribution in [0.3, 0.4) is 0 Å². The van der Waals surface area contributed by atoms with Gasteiger partial charge >= 0.3 is 6.18 Å². The number of sulfonamides is 1. The highest BCUT2D eigenvalue weighted by molar-refractivity contribution is 7.89. The first-order valence-electron chi connectivity index (χ1n) is 5.99. The summed E-state index contributed by atoms with van der Waals surface area (Å²) in [6.45, 7) is 0.381. The maximum Gasteiger partial charge on any atom is 0.391 e. The van der Waals surface area contributed by atoms with E-state index in [9.17, 15) is 21.6 Å². The van der Waals surface area contributed by atoms with E-state index in [1.54, 1.807) is 0 Å². The number of hydrogen-bond donors (Lipinski definition) is 2. The lowest BCUT2D eigenvalue weighted by atomic mass is 9.85. The Morgan fingerprint density at radius 2 is 1.94 bits per heavy atom. The van der Waals surface area contributed by atoms with E-state index in [1.165, 1.54) is 0 Å². The van der Waals surface area contributed by atoms with Crippen molar-refractivity contribution in [3.8, 4) is 0 Å². The van der Waals surface area contributed by atoms with E-state index in [1.807, 2.05) is 0 Å². The average molecular weight is 288 g/mol. The largest absolute Gasteiger partial charge is 0.391 e. The second-order valence-electron chi connectivity index (χ2n) is 4.78. The molecule has 0 aromatic heterocycles. The van der Waals surface area contributed by atoms with Crippen molar-refractivity contribution in [1.29, 1.82) is 0 Å². The van der Waals surface area contributed by atoms with Crippen molar-refractivity contribution < 1.29 is 21.6 Å². The van der Waals surface area contributed by atoms with Crippen LogP contribution < -0.4 is 10.5 Å². The van der Waals surface area contributed by atoms with Crippen molar-refractivity contribution in [1.82, 2.24) is 5.32 Å². The normalized spacial score (nSPS) is 26.2. The van der Waals surface area contributed by atoms with Crippen LogP contribution in [0.2, 0.25) is 0 Å². The standard InChI is InChI=1S/C10H19F3N2O2S/c11-10(12,13)8-3-1-4-9(7-8)15-5-2-6-18(14,16)17/h8-9,15H,1-7H2,(H2,14,16,17). The Balaban J connectivity index is 2.27. The predicted octanol–water partition coefficient (Wildman–Crippen LogP) is 1.38. The third-order valence-electron chi connectivity index (χ3n) is 3.18. The molecule has 0 aromatic carbocycles. The molecule has 0 bridgehead atoms. The van der Waals surface area contributed by atoms with Crippen LogP contribution in [0, 0.1) is 5.92 Å². The Morgan fingerprint density at radius 1 is 1.28 bits per heavy atom. The maximum atomic E-state index is 12.5. The molecule has 0 spiro atoms. The summed E-state index contributed by atoms with van der Waals surface area (Å²) < 4.78 is 58.9. The van der Waals surface area contributed by atoms with Crippen LogP contribution in [-0.2, 0) is 10.0 Å². The summed E-state index contributed by atoms with van der Waals surface area (Å²) in [6, 6.07) is -0.175. The van der Waals surface area contributed by atoms with E-state index in [-0.39, 0.29) is 24.6 Å². The van der Waals surface area contributed by atoms with E-state index in [4.69, 9.17) is 5.14 Å². The van der Waals surface area contributed by atoms with Gasteiger partial charge in [-0.25, -0.2) is 13.6 Å². The molecular weight excluding hydrogens is 269 g/mol. The molecule has 0 aromatic rings. The lowest BCUT2D eigenvalue weighted by Crippen LogP contribution is -2.39. The van der Waals surface area contributed by atoms with E-state index < -0.39 is 22.1 Å². The second-order valence-corrected chi connectivity index (χ2v) is 6.51. The molecule has 1 saturated carbocycles. The zero-order chi connectivity index (χ0) is 13.8. The van der Waals surface area contributed by atoms with E-state index in [0.717, 1.165) is 0 Å². The summed E-state index contributed by atoms with van der Waals surface area (Å²) in [4.78, 5) is 0. The van der Waals surface area contributed by atoms with Crippen LogP contribution in [0.25, 0.3) is 0 Å². The van der Waals surface area contributed by atoms with Gasteiger partial charge in [-0.05, 0) is 32.2 Å². The van der Waals surface area contributed by atoms with Crippen molar-refractivity contribution in [2.45, 2.75) is 44.3 Å². The van der Waals surface area contributed by atoms with Crippen molar-refractivity contribution >= 4 is 10.0 Å². The number of primary sulfonamides is 1. The Morgan fingerprint density at radius 3 is 2.50 bits per heavy atom. The highest BCUT2D eigenvalue weighted by atomic mass is 32.2. The molecule has 1 aliphatic rings. The predicted molar refractivity (Wildman–Crippen MR) is 62.4 cm³/mol. The molecule has 8 heteroatoms. The Kier molecular flexibility index (Phi) is 5.42. The topological polar surface area (TPSA) is 72.2 Å². The number of nitrogens with two attached hydrogens (primary N) is 1. The summed E-state index contributed by atoms with van der Waals surface area (Å²) in [6.07, 6.45) is -2.26. The number of rotatable bonds is 5. The van der Waals surface area contributed by atoms with Crippen molar-refractivity contribution in [3.05, 3.63) is 0 Å². The van der Waals surface area contributed by atoms with Crippen LogP contribution in [0.1, 0.15) is 32.1 Å². The fraction of sp³-hybridized carbons (Fsp3) is 1.00. The molecule has 18 heavy (non-hydrogen) atoms. The molecule has 3 N–H and O–H groups in total. The summed E-state index contributed by atoms with van der Waals surface area (Å²) in [5.41, 5.74) is 0. The van der Waals surface area contributed by atoms with Gasteiger partial charge in [-0.1, -0.05) is 6.42 Å². The van der Waals surface area contributed by atoms with Gasteiger partial charge in [0.25, 0.3) is 0 Å². The molecule has 0 saturated heterocycles. The third kappa shape index (κ3) is 6.01. The molecule has 108 valence electrons. The Labute approximate surface area is 105 Å². The number of hydrogen-bond acceptors (Lipinski definition) is 3. The van der Waals surface area contributed by atoms with Crippen molar-refractivity contribution in [3.63, 3.8) is 0 Å². The van der Waals surface area contributed by atoms with E-state index in [0.29, 0.717) is 25.8 Å². The van der Waals surface area contributed by atoms with Gasteiger partial charge in [-0.2, -0.15) is 13.2 Å². The van der Waals surface area contributed by atoms with Gasteiger partial charge < -0.3 is 5.32 Å². The van der Waals surface area contributed by atoms with Crippen molar-refractivity contribution in [2.75, 3.05) is 12.3 Å². The minimum Gasteiger partial charge on any atom is -0.314 e. The van der Waals surface area contributed by atoms with Gasteiger partial charge in [0.15, 0.2) is 0 Å². The highest BCUT2D eigenvalue weighted by Crippen LogP contribution is 2.37.